The van der Waals surface area contributed by atoms with Gasteiger partial charge in [-0.3, -0.25) is 9.69 Å². The summed E-state index contributed by atoms with van der Waals surface area (Å²) in [7, 11) is 2.23. The van der Waals surface area contributed by atoms with Crippen LogP contribution in [0.3, 0.4) is 0 Å². The van der Waals surface area contributed by atoms with Crippen molar-refractivity contribution in [2.45, 2.75) is 37.8 Å². The molecule has 2 heterocycles. The van der Waals surface area contributed by atoms with E-state index in [0.29, 0.717) is 6.42 Å². The van der Waals surface area contributed by atoms with Gasteiger partial charge in [-0.15, -0.1) is 0 Å². The van der Waals surface area contributed by atoms with Crippen molar-refractivity contribution in [3.05, 3.63) is 54.6 Å². The summed E-state index contributed by atoms with van der Waals surface area (Å²) in [6.45, 7) is 3.55. The lowest BCUT2D eigenvalue weighted by Gasteiger charge is -2.31. The number of hydrogen-bond donors (Lipinski definition) is 1. The lowest BCUT2D eigenvalue weighted by molar-refractivity contribution is -0.116. The van der Waals surface area contributed by atoms with Gasteiger partial charge >= 0.3 is 0 Å². The second kappa shape index (κ2) is 8.24. The van der Waals surface area contributed by atoms with Crippen molar-refractivity contribution in [1.29, 1.82) is 0 Å². The van der Waals surface area contributed by atoms with Gasteiger partial charge in [0.05, 0.1) is 0 Å². The van der Waals surface area contributed by atoms with E-state index in [1.807, 2.05) is 30.3 Å². The van der Waals surface area contributed by atoms with Gasteiger partial charge < -0.3 is 10.2 Å². The Morgan fingerprint density at radius 1 is 0.963 bits per heavy atom. The maximum atomic E-state index is 12.2. The highest BCUT2D eigenvalue weighted by Crippen LogP contribution is 2.29. The number of rotatable bonds is 7. The smallest absolute Gasteiger partial charge is 0.224 e. The number of hydrogen-bond acceptors (Lipinski definition) is 3. The quantitative estimate of drug-likeness (QED) is 0.759. The Hall–Kier alpha value is -2.17. The van der Waals surface area contributed by atoms with E-state index < -0.39 is 0 Å². The number of likely N-dealkylation sites (tertiary alicyclic amines) is 2. The third-order valence-corrected chi connectivity index (χ3v) is 6.00. The first-order valence-corrected chi connectivity index (χ1v) is 10.1. The Morgan fingerprint density at radius 3 is 2.37 bits per heavy atom. The third-order valence-electron chi connectivity index (χ3n) is 6.00. The summed E-state index contributed by atoms with van der Waals surface area (Å²) < 4.78 is 0. The number of benzene rings is 2. The number of amides is 1. The molecule has 0 saturated carbocycles. The van der Waals surface area contributed by atoms with Gasteiger partial charge in [-0.05, 0) is 56.1 Å². The molecule has 0 radical (unpaired) electrons. The maximum Gasteiger partial charge on any atom is 0.224 e. The molecule has 2 saturated heterocycles. The summed E-state index contributed by atoms with van der Waals surface area (Å²) >= 11 is 0. The number of nitrogens with one attached hydrogen (secondary N) is 1. The molecule has 1 amide bonds. The Labute approximate surface area is 162 Å². The molecule has 0 aromatic heterocycles. The number of carbonyl (C=O) groups is 1. The average molecular weight is 364 g/mol. The van der Waals surface area contributed by atoms with Crippen molar-refractivity contribution in [3.8, 4) is 11.1 Å². The van der Waals surface area contributed by atoms with Crippen LogP contribution in [-0.4, -0.2) is 54.5 Å². The first-order chi connectivity index (χ1) is 13.2. The SMILES string of the molecule is CN1C[C@@H]2C[C@H]1CN2CCCCC(=O)Nc1ccc(-c2ccccc2)cc1. The third kappa shape index (κ3) is 4.40. The van der Waals surface area contributed by atoms with Crippen molar-refractivity contribution in [1.82, 2.24) is 9.80 Å². The molecule has 2 fully saturated rings. The average Bonchev–Trinajstić information content (AvgIpc) is 3.26. The molecule has 27 heavy (non-hydrogen) atoms. The molecule has 0 aliphatic carbocycles. The Morgan fingerprint density at radius 2 is 1.70 bits per heavy atom. The van der Waals surface area contributed by atoms with Crippen LogP contribution in [0, 0.1) is 0 Å². The predicted molar refractivity (Wildman–Crippen MR) is 111 cm³/mol. The van der Waals surface area contributed by atoms with E-state index in [2.05, 4.69) is 46.4 Å². The minimum absolute atomic E-state index is 0.116. The van der Waals surface area contributed by atoms with Crippen molar-refractivity contribution < 1.29 is 4.79 Å². The van der Waals surface area contributed by atoms with E-state index in [1.54, 1.807) is 0 Å². The van der Waals surface area contributed by atoms with Crippen LogP contribution in [0.2, 0.25) is 0 Å². The van der Waals surface area contributed by atoms with Gasteiger partial charge in [0.15, 0.2) is 0 Å². The first kappa shape index (κ1) is 18.2. The van der Waals surface area contributed by atoms with Crippen molar-refractivity contribution in [2.24, 2.45) is 0 Å². The molecular weight excluding hydrogens is 334 g/mol. The first-order valence-electron chi connectivity index (χ1n) is 10.1. The number of likely N-dealkylation sites (N-methyl/N-ethyl adjacent to an activating group) is 1. The van der Waals surface area contributed by atoms with E-state index >= 15 is 0 Å². The fraction of sp³-hybridized carbons (Fsp3) is 0.435. The molecular formula is C23H29N3O. The minimum Gasteiger partial charge on any atom is -0.326 e. The van der Waals surface area contributed by atoms with Crippen molar-refractivity contribution in [2.75, 3.05) is 32.0 Å². The molecule has 2 aliphatic heterocycles. The van der Waals surface area contributed by atoms with Crippen LogP contribution >= 0.6 is 0 Å². The second-order valence-corrected chi connectivity index (χ2v) is 7.93. The van der Waals surface area contributed by atoms with Crippen molar-refractivity contribution in [3.63, 3.8) is 0 Å². The van der Waals surface area contributed by atoms with Crippen LogP contribution in [0.15, 0.2) is 54.6 Å². The summed E-state index contributed by atoms with van der Waals surface area (Å²) in [6.07, 6.45) is 3.99. The topological polar surface area (TPSA) is 35.6 Å². The normalized spacial score (nSPS) is 22.3. The van der Waals surface area contributed by atoms with Gasteiger partial charge in [-0.25, -0.2) is 0 Å². The summed E-state index contributed by atoms with van der Waals surface area (Å²) in [5.74, 6) is 0.116. The largest absolute Gasteiger partial charge is 0.326 e. The summed E-state index contributed by atoms with van der Waals surface area (Å²) in [4.78, 5) is 17.3. The Bertz CT molecular complexity index is 757. The molecule has 2 aromatic carbocycles. The highest BCUT2D eigenvalue weighted by Gasteiger charge is 2.40. The predicted octanol–water partition coefficient (Wildman–Crippen LogP) is 3.85. The second-order valence-electron chi connectivity index (χ2n) is 7.93. The lowest BCUT2D eigenvalue weighted by atomic mass is 10.1. The van der Waals surface area contributed by atoms with Gasteiger partial charge in [0.2, 0.25) is 5.91 Å². The van der Waals surface area contributed by atoms with E-state index in [-0.39, 0.29) is 5.91 Å². The van der Waals surface area contributed by atoms with Gasteiger partial charge in [-0.2, -0.15) is 0 Å². The molecule has 2 aliphatic rings. The van der Waals surface area contributed by atoms with Crippen LogP contribution in [-0.2, 0) is 4.79 Å². The Kier molecular flexibility index (Phi) is 5.55. The van der Waals surface area contributed by atoms with Crippen molar-refractivity contribution >= 4 is 11.6 Å². The molecule has 142 valence electrons. The van der Waals surface area contributed by atoms with Crippen LogP contribution in [0.25, 0.3) is 11.1 Å². The van der Waals surface area contributed by atoms with E-state index in [4.69, 9.17) is 0 Å². The standard InChI is InChI=1S/C23H29N3O/c1-25-16-22-15-21(25)17-26(22)14-6-5-9-23(27)24-20-12-10-19(11-13-20)18-7-3-2-4-8-18/h2-4,7-8,10-13,21-22H,5-6,9,14-17H2,1H3,(H,24,27)/t21-,22-/m0/s1. The molecule has 2 atom stereocenters. The number of carbonyl (C=O) groups excluding carboxylic acids is 1. The Balaban J connectivity index is 1.17. The molecule has 4 nitrogen and oxygen atoms in total. The highest BCUT2D eigenvalue weighted by atomic mass is 16.1. The number of unbranched alkanes of at least 4 members (excludes halogenated alkanes) is 1. The van der Waals surface area contributed by atoms with Gasteiger partial charge in [-0.1, -0.05) is 42.5 Å². The monoisotopic (exact) mass is 363 g/mol. The van der Waals surface area contributed by atoms with Crippen LogP contribution in [0.1, 0.15) is 25.7 Å². The molecule has 0 spiro atoms. The number of anilines is 1. The zero-order valence-electron chi connectivity index (χ0n) is 16.1. The summed E-state index contributed by atoms with van der Waals surface area (Å²) in [5.41, 5.74) is 3.23. The van der Waals surface area contributed by atoms with E-state index in [0.717, 1.165) is 37.2 Å². The number of piperazine rings is 1. The molecule has 4 heteroatoms. The number of fused-ring (bicyclic) bond motifs is 2. The lowest BCUT2D eigenvalue weighted by Crippen LogP contribution is -2.44. The fourth-order valence-electron chi connectivity index (χ4n) is 4.42. The van der Waals surface area contributed by atoms with Crippen LogP contribution in [0.4, 0.5) is 5.69 Å². The fourth-order valence-corrected chi connectivity index (χ4v) is 4.42. The zero-order chi connectivity index (χ0) is 18.6. The number of nitrogens with zero attached hydrogens (tertiary/aromatic N) is 2. The highest BCUT2D eigenvalue weighted by molar-refractivity contribution is 5.90. The summed E-state index contributed by atoms with van der Waals surface area (Å²) in [5, 5.41) is 3.02. The van der Waals surface area contributed by atoms with Crippen LogP contribution < -0.4 is 5.32 Å². The van der Waals surface area contributed by atoms with E-state index in [1.165, 1.54) is 30.6 Å². The van der Waals surface area contributed by atoms with Crippen LogP contribution in [0.5, 0.6) is 0 Å². The maximum absolute atomic E-state index is 12.2. The van der Waals surface area contributed by atoms with Gasteiger partial charge in [0, 0.05) is 37.3 Å². The van der Waals surface area contributed by atoms with E-state index in [9.17, 15) is 4.79 Å². The molecule has 1 N–H and O–H groups in total. The molecule has 2 bridgehead atoms. The molecule has 2 aromatic rings. The minimum atomic E-state index is 0.116. The molecule has 4 rings (SSSR count). The zero-order valence-corrected chi connectivity index (χ0v) is 16.1. The molecule has 0 unspecified atom stereocenters. The van der Waals surface area contributed by atoms with Gasteiger partial charge in [0.25, 0.3) is 0 Å². The van der Waals surface area contributed by atoms with Gasteiger partial charge in [0.1, 0.15) is 0 Å². The summed E-state index contributed by atoms with van der Waals surface area (Å²) in [6, 6.07) is 19.9.